The molecule has 2 N–H and O–H groups in total. The van der Waals surface area contributed by atoms with E-state index in [1.54, 1.807) is 36.4 Å². The Labute approximate surface area is 201 Å². The maximum absolute atomic E-state index is 12.4. The van der Waals surface area contributed by atoms with Crippen LogP contribution in [0.4, 0.5) is 11.4 Å². The van der Waals surface area contributed by atoms with E-state index in [0.717, 1.165) is 0 Å². The van der Waals surface area contributed by atoms with E-state index in [1.807, 2.05) is 22.8 Å². The third kappa shape index (κ3) is 5.04. The third-order valence-electron chi connectivity index (χ3n) is 5.89. The van der Waals surface area contributed by atoms with Crippen LogP contribution in [-0.4, -0.2) is 58.6 Å². The fraction of sp³-hybridized carbons (Fsp3) is 0.304. The molecule has 10 nitrogen and oxygen atoms in total. The molecular formula is C23H24N6O4S. The van der Waals surface area contributed by atoms with Crippen LogP contribution in [0.5, 0.6) is 0 Å². The molecule has 2 aliphatic rings. The molecular weight excluding hydrogens is 456 g/mol. The Morgan fingerprint density at radius 2 is 1.88 bits per heavy atom. The van der Waals surface area contributed by atoms with Crippen molar-refractivity contribution in [3.63, 3.8) is 0 Å². The zero-order valence-corrected chi connectivity index (χ0v) is 19.4. The summed E-state index contributed by atoms with van der Waals surface area (Å²) in [7, 11) is 0. The van der Waals surface area contributed by atoms with Crippen molar-refractivity contribution in [2.24, 2.45) is 11.0 Å². The normalized spacial score (nSPS) is 18.1. The standard InChI is InChI=1S/C23H24N6O4S/c1-15-13-20(30)25-26-21(15)17-7-8-18(19(14-17)29(32)33)27-9-11-28(12-10-27)23(34)24-22(31)16-5-3-2-4-6-16/h2-8,14-15H,9-13H2,1H3,(H,25,30)(H,24,31,34). The molecule has 2 heterocycles. The smallest absolute Gasteiger partial charge is 0.293 e. The van der Waals surface area contributed by atoms with Gasteiger partial charge in [-0.15, -0.1) is 0 Å². The highest BCUT2D eigenvalue weighted by Crippen LogP contribution is 2.31. The molecule has 1 unspecified atom stereocenters. The second kappa shape index (κ2) is 9.96. The van der Waals surface area contributed by atoms with E-state index < -0.39 is 4.92 Å². The average molecular weight is 481 g/mol. The van der Waals surface area contributed by atoms with E-state index >= 15 is 0 Å². The lowest BCUT2D eigenvalue weighted by Gasteiger charge is -2.37. The number of nitro benzene ring substituents is 1. The molecule has 176 valence electrons. The topological polar surface area (TPSA) is 120 Å². The summed E-state index contributed by atoms with van der Waals surface area (Å²) in [5.74, 6) is -0.566. The molecule has 0 bridgehead atoms. The van der Waals surface area contributed by atoms with Gasteiger partial charge in [-0.3, -0.25) is 25.0 Å². The first-order chi connectivity index (χ1) is 16.3. The fourth-order valence-corrected chi connectivity index (χ4v) is 4.36. The molecule has 0 aromatic heterocycles. The predicted molar refractivity (Wildman–Crippen MR) is 132 cm³/mol. The number of piperazine rings is 1. The summed E-state index contributed by atoms with van der Waals surface area (Å²) >= 11 is 5.41. The van der Waals surface area contributed by atoms with Crippen LogP contribution in [0.3, 0.4) is 0 Å². The first kappa shape index (κ1) is 23.3. The number of amides is 2. The van der Waals surface area contributed by atoms with Gasteiger partial charge in [-0.25, -0.2) is 5.43 Å². The van der Waals surface area contributed by atoms with Crippen LogP contribution in [0.15, 0.2) is 53.6 Å². The number of rotatable bonds is 4. The fourth-order valence-electron chi connectivity index (χ4n) is 4.09. The minimum Gasteiger partial charge on any atom is -0.362 e. The number of hydrogen-bond donors (Lipinski definition) is 2. The van der Waals surface area contributed by atoms with Crippen molar-refractivity contribution in [2.45, 2.75) is 13.3 Å². The van der Waals surface area contributed by atoms with Gasteiger partial charge < -0.3 is 9.80 Å². The Morgan fingerprint density at radius 3 is 2.53 bits per heavy atom. The van der Waals surface area contributed by atoms with Gasteiger partial charge >= 0.3 is 0 Å². The Morgan fingerprint density at radius 1 is 1.18 bits per heavy atom. The van der Waals surface area contributed by atoms with Gasteiger partial charge in [0.1, 0.15) is 5.69 Å². The molecule has 2 aromatic rings. The second-order valence-corrected chi connectivity index (χ2v) is 8.58. The summed E-state index contributed by atoms with van der Waals surface area (Å²) in [6.07, 6.45) is 0.289. The van der Waals surface area contributed by atoms with Crippen molar-refractivity contribution in [2.75, 3.05) is 31.1 Å². The van der Waals surface area contributed by atoms with E-state index in [2.05, 4.69) is 15.8 Å². The van der Waals surface area contributed by atoms with Crippen LogP contribution in [0, 0.1) is 16.0 Å². The molecule has 11 heteroatoms. The first-order valence-electron chi connectivity index (χ1n) is 10.9. The van der Waals surface area contributed by atoms with Gasteiger partial charge in [0.2, 0.25) is 5.91 Å². The molecule has 1 saturated heterocycles. The van der Waals surface area contributed by atoms with E-state index in [0.29, 0.717) is 53.8 Å². The number of benzene rings is 2. The highest BCUT2D eigenvalue weighted by molar-refractivity contribution is 7.80. The molecule has 0 saturated carbocycles. The number of thiocarbonyl (C=S) groups is 1. The molecule has 2 aromatic carbocycles. The SMILES string of the molecule is CC1CC(=O)NN=C1c1ccc(N2CCN(C(=S)NC(=O)c3ccccc3)CC2)c([N+](=O)[O-])c1. The van der Waals surface area contributed by atoms with Crippen LogP contribution in [-0.2, 0) is 4.79 Å². The minimum atomic E-state index is -0.400. The Bertz CT molecular complexity index is 1160. The predicted octanol–water partition coefficient (Wildman–Crippen LogP) is 2.29. The highest BCUT2D eigenvalue weighted by Gasteiger charge is 2.28. The van der Waals surface area contributed by atoms with Crippen molar-refractivity contribution >= 4 is 46.2 Å². The number of nitrogens with zero attached hydrogens (tertiary/aromatic N) is 4. The number of nitro groups is 1. The quantitative estimate of drug-likeness (QED) is 0.391. The third-order valence-corrected chi connectivity index (χ3v) is 6.25. The van der Waals surface area contributed by atoms with Crippen LogP contribution in [0.2, 0.25) is 0 Å². The van der Waals surface area contributed by atoms with Gasteiger partial charge in [-0.2, -0.15) is 5.10 Å². The van der Waals surface area contributed by atoms with Crippen LogP contribution < -0.4 is 15.6 Å². The molecule has 1 atom stereocenters. The number of nitrogens with one attached hydrogen (secondary N) is 2. The van der Waals surface area contributed by atoms with Crippen LogP contribution >= 0.6 is 12.2 Å². The van der Waals surface area contributed by atoms with E-state index in [1.165, 1.54) is 6.07 Å². The Hall–Kier alpha value is -3.86. The molecule has 0 radical (unpaired) electrons. The summed E-state index contributed by atoms with van der Waals surface area (Å²) in [4.78, 5) is 39.2. The summed E-state index contributed by atoms with van der Waals surface area (Å²) in [5, 5.41) is 19.0. The molecule has 4 rings (SSSR count). The molecule has 34 heavy (non-hydrogen) atoms. The van der Waals surface area contributed by atoms with Crippen LogP contribution in [0.1, 0.15) is 29.3 Å². The lowest BCUT2D eigenvalue weighted by atomic mass is 9.93. The van der Waals surface area contributed by atoms with Gasteiger partial charge in [0.15, 0.2) is 5.11 Å². The molecule has 0 spiro atoms. The van der Waals surface area contributed by atoms with Crippen molar-refractivity contribution in [1.29, 1.82) is 0 Å². The maximum atomic E-state index is 12.4. The lowest BCUT2D eigenvalue weighted by molar-refractivity contribution is -0.384. The second-order valence-electron chi connectivity index (χ2n) is 8.20. The number of hydrazone groups is 1. The van der Waals surface area contributed by atoms with E-state index in [4.69, 9.17) is 12.2 Å². The largest absolute Gasteiger partial charge is 0.362 e. The summed E-state index contributed by atoms with van der Waals surface area (Å²) in [5.41, 5.74) is 4.71. The zero-order chi connectivity index (χ0) is 24.2. The van der Waals surface area contributed by atoms with Gasteiger partial charge in [0.25, 0.3) is 11.6 Å². The zero-order valence-electron chi connectivity index (χ0n) is 18.6. The Kier molecular flexibility index (Phi) is 6.82. The molecule has 0 aliphatic carbocycles. The van der Waals surface area contributed by atoms with Crippen molar-refractivity contribution in [3.8, 4) is 0 Å². The van der Waals surface area contributed by atoms with Crippen molar-refractivity contribution in [3.05, 3.63) is 69.8 Å². The Balaban J connectivity index is 1.43. The van der Waals surface area contributed by atoms with Gasteiger partial charge in [-0.1, -0.05) is 31.2 Å². The van der Waals surface area contributed by atoms with Crippen molar-refractivity contribution in [1.82, 2.24) is 15.6 Å². The average Bonchev–Trinajstić information content (AvgIpc) is 2.84. The molecule has 2 amide bonds. The summed E-state index contributed by atoms with van der Waals surface area (Å²) in [6, 6.07) is 13.9. The lowest BCUT2D eigenvalue weighted by Crippen LogP contribution is -2.52. The monoisotopic (exact) mass is 480 g/mol. The summed E-state index contributed by atoms with van der Waals surface area (Å²) in [6.45, 7) is 3.92. The number of hydrogen-bond acceptors (Lipinski definition) is 7. The van der Waals surface area contributed by atoms with Crippen LogP contribution in [0.25, 0.3) is 0 Å². The van der Waals surface area contributed by atoms with Gasteiger partial charge in [0.05, 0.1) is 10.6 Å². The highest BCUT2D eigenvalue weighted by atomic mass is 32.1. The number of carbonyl (C=O) groups excluding carboxylic acids is 2. The number of carbonyl (C=O) groups is 2. The van der Waals surface area contributed by atoms with E-state index in [-0.39, 0.29) is 29.8 Å². The first-order valence-corrected chi connectivity index (χ1v) is 11.3. The van der Waals surface area contributed by atoms with Gasteiger partial charge in [0, 0.05) is 55.7 Å². The molecule has 1 fully saturated rings. The van der Waals surface area contributed by atoms with Crippen molar-refractivity contribution < 1.29 is 14.5 Å². The maximum Gasteiger partial charge on any atom is 0.293 e. The summed E-state index contributed by atoms with van der Waals surface area (Å²) < 4.78 is 0. The number of anilines is 1. The molecule has 2 aliphatic heterocycles. The minimum absolute atomic E-state index is 0.0160. The van der Waals surface area contributed by atoms with E-state index in [9.17, 15) is 19.7 Å². The van der Waals surface area contributed by atoms with Gasteiger partial charge in [-0.05, 0) is 30.4 Å².